The number of fused-ring (bicyclic) bond motifs is 1. The van der Waals surface area contributed by atoms with Gasteiger partial charge in [-0.3, -0.25) is 0 Å². The van der Waals surface area contributed by atoms with Gasteiger partial charge in [-0.25, -0.2) is 4.98 Å². The maximum Gasteiger partial charge on any atom is 0.489 e. The van der Waals surface area contributed by atoms with Crippen LogP contribution in [0.2, 0.25) is 0 Å². The highest BCUT2D eigenvalue weighted by Crippen LogP contribution is 2.18. The third kappa shape index (κ3) is 1.79. The quantitative estimate of drug-likeness (QED) is 0.581. The highest BCUT2D eigenvalue weighted by atomic mass is 16.4. The number of hydrogen-bond acceptors (Lipinski definition) is 3. The second-order valence-electron chi connectivity index (χ2n) is 4.08. The summed E-state index contributed by atoms with van der Waals surface area (Å²) in [5.74, 6) is 0. The Kier molecular flexibility index (Phi) is 2.62. The molecule has 3 aromatic rings. The van der Waals surface area contributed by atoms with Crippen molar-refractivity contribution in [3.05, 3.63) is 48.7 Å². The first-order chi connectivity index (χ1) is 8.75. The maximum absolute atomic E-state index is 9.43. The molecule has 5 heteroatoms. The van der Waals surface area contributed by atoms with Gasteiger partial charge in [-0.05, 0) is 17.6 Å². The average molecular weight is 238 g/mol. The molecule has 2 aromatic heterocycles. The number of aromatic nitrogens is 2. The van der Waals surface area contributed by atoms with E-state index in [2.05, 4.69) is 9.97 Å². The van der Waals surface area contributed by atoms with Gasteiger partial charge in [0.25, 0.3) is 0 Å². The van der Waals surface area contributed by atoms with Crippen LogP contribution in [0.3, 0.4) is 0 Å². The number of pyridine rings is 1. The van der Waals surface area contributed by atoms with E-state index < -0.39 is 7.12 Å². The third-order valence-corrected chi connectivity index (χ3v) is 2.91. The van der Waals surface area contributed by atoms with E-state index in [0.717, 1.165) is 10.9 Å². The summed E-state index contributed by atoms with van der Waals surface area (Å²) in [4.78, 5) is 7.46. The van der Waals surface area contributed by atoms with Gasteiger partial charge in [-0.2, -0.15) is 0 Å². The predicted octanol–water partition coefficient (Wildman–Crippen LogP) is 0.910. The van der Waals surface area contributed by atoms with Crippen LogP contribution in [0.5, 0.6) is 0 Å². The number of nitrogens with zero attached hydrogens (tertiary/aromatic N) is 1. The van der Waals surface area contributed by atoms with Crippen LogP contribution >= 0.6 is 0 Å². The van der Waals surface area contributed by atoms with Gasteiger partial charge < -0.3 is 15.0 Å². The van der Waals surface area contributed by atoms with E-state index in [-0.39, 0.29) is 0 Å². The summed E-state index contributed by atoms with van der Waals surface area (Å²) in [6.07, 6.45) is 1.73. The Morgan fingerprint density at radius 1 is 1.06 bits per heavy atom. The van der Waals surface area contributed by atoms with Gasteiger partial charge in [0.1, 0.15) is 5.65 Å². The van der Waals surface area contributed by atoms with Gasteiger partial charge in [0.15, 0.2) is 0 Å². The summed E-state index contributed by atoms with van der Waals surface area (Å²) in [7, 11) is -1.51. The van der Waals surface area contributed by atoms with Gasteiger partial charge in [0.05, 0.1) is 5.69 Å². The van der Waals surface area contributed by atoms with Crippen molar-refractivity contribution in [2.24, 2.45) is 0 Å². The summed E-state index contributed by atoms with van der Waals surface area (Å²) in [5, 5.41) is 19.6. The van der Waals surface area contributed by atoms with Gasteiger partial charge in [0, 0.05) is 17.1 Å². The molecular formula is C13H11BN2O2. The normalized spacial score (nSPS) is 10.8. The summed E-state index contributed by atoms with van der Waals surface area (Å²) in [5.41, 5.74) is 2.77. The zero-order valence-corrected chi connectivity index (χ0v) is 9.54. The number of H-pyrrole nitrogens is 1. The number of nitrogens with one attached hydrogen (secondary N) is 1. The average Bonchev–Trinajstić information content (AvgIpc) is 2.86. The second-order valence-corrected chi connectivity index (χ2v) is 4.08. The summed E-state index contributed by atoms with van der Waals surface area (Å²) in [6.45, 7) is 0. The number of hydrogen-bond donors (Lipinski definition) is 3. The zero-order valence-electron chi connectivity index (χ0n) is 9.54. The van der Waals surface area contributed by atoms with Crippen LogP contribution in [0, 0.1) is 0 Å². The first-order valence-corrected chi connectivity index (χ1v) is 5.65. The Bertz CT molecular complexity index is 680. The number of benzene rings is 1. The van der Waals surface area contributed by atoms with E-state index in [4.69, 9.17) is 0 Å². The van der Waals surface area contributed by atoms with Gasteiger partial charge in [-0.1, -0.05) is 30.3 Å². The monoisotopic (exact) mass is 238 g/mol. The molecule has 0 saturated carbocycles. The van der Waals surface area contributed by atoms with Gasteiger partial charge in [-0.15, -0.1) is 0 Å². The lowest BCUT2D eigenvalue weighted by molar-refractivity contribution is 0.426. The van der Waals surface area contributed by atoms with Crippen molar-refractivity contribution in [3.8, 4) is 11.3 Å². The molecule has 0 fully saturated rings. The van der Waals surface area contributed by atoms with E-state index >= 15 is 0 Å². The fraction of sp³-hybridized carbons (Fsp3) is 0. The first-order valence-electron chi connectivity index (χ1n) is 5.65. The fourth-order valence-electron chi connectivity index (χ4n) is 2.03. The molecule has 0 radical (unpaired) electrons. The number of aromatic amines is 1. The van der Waals surface area contributed by atoms with Crippen LogP contribution < -0.4 is 5.46 Å². The Labute approximate surface area is 104 Å². The van der Waals surface area contributed by atoms with Gasteiger partial charge in [0.2, 0.25) is 0 Å². The van der Waals surface area contributed by atoms with Crippen LogP contribution in [-0.4, -0.2) is 27.1 Å². The van der Waals surface area contributed by atoms with Crippen molar-refractivity contribution in [1.82, 2.24) is 9.97 Å². The molecule has 2 heterocycles. The third-order valence-electron chi connectivity index (χ3n) is 2.91. The molecule has 3 rings (SSSR count). The van der Waals surface area contributed by atoms with Crippen molar-refractivity contribution in [2.75, 3.05) is 0 Å². The van der Waals surface area contributed by atoms with E-state index in [1.54, 1.807) is 18.3 Å². The van der Waals surface area contributed by atoms with Crippen molar-refractivity contribution >= 4 is 23.6 Å². The molecule has 0 bridgehead atoms. The van der Waals surface area contributed by atoms with Crippen molar-refractivity contribution in [2.45, 2.75) is 0 Å². The van der Waals surface area contributed by atoms with Crippen molar-refractivity contribution in [1.29, 1.82) is 0 Å². The minimum absolute atomic E-state index is 0.458. The van der Waals surface area contributed by atoms with E-state index in [1.807, 2.05) is 30.3 Å². The van der Waals surface area contributed by atoms with Crippen LogP contribution in [-0.2, 0) is 0 Å². The molecule has 0 atom stereocenters. The Hall–Kier alpha value is -2.11. The van der Waals surface area contributed by atoms with E-state index in [1.165, 1.54) is 0 Å². The SMILES string of the molecule is OB(O)c1cc(-c2ccccc2)nc2[nH]ccc12. The summed E-state index contributed by atoms with van der Waals surface area (Å²) >= 11 is 0. The van der Waals surface area contributed by atoms with Gasteiger partial charge >= 0.3 is 7.12 Å². The molecule has 0 aliphatic rings. The Morgan fingerprint density at radius 2 is 1.83 bits per heavy atom. The summed E-state index contributed by atoms with van der Waals surface area (Å²) < 4.78 is 0. The summed E-state index contributed by atoms with van der Waals surface area (Å²) in [6, 6.07) is 13.1. The lowest BCUT2D eigenvalue weighted by Crippen LogP contribution is -2.30. The predicted molar refractivity (Wildman–Crippen MR) is 71.4 cm³/mol. The number of rotatable bonds is 2. The van der Waals surface area contributed by atoms with Crippen LogP contribution in [0.4, 0.5) is 0 Å². The second kappa shape index (κ2) is 4.29. The molecule has 3 N–H and O–H groups in total. The molecule has 1 aromatic carbocycles. The lowest BCUT2D eigenvalue weighted by Gasteiger charge is -2.06. The molecule has 88 valence electrons. The Morgan fingerprint density at radius 3 is 2.56 bits per heavy atom. The van der Waals surface area contributed by atoms with E-state index in [0.29, 0.717) is 16.8 Å². The standard InChI is InChI=1S/C13H11BN2O2/c17-14(18)11-8-12(9-4-2-1-3-5-9)16-13-10(11)6-7-15-13/h1-8,17-18H,(H,15,16). The largest absolute Gasteiger partial charge is 0.489 e. The molecule has 0 saturated heterocycles. The lowest BCUT2D eigenvalue weighted by atomic mass is 9.78. The van der Waals surface area contributed by atoms with Crippen LogP contribution in [0.15, 0.2) is 48.7 Å². The van der Waals surface area contributed by atoms with Crippen LogP contribution in [0.25, 0.3) is 22.3 Å². The molecule has 0 unspecified atom stereocenters. The maximum atomic E-state index is 9.43. The highest BCUT2D eigenvalue weighted by molar-refractivity contribution is 6.62. The first kappa shape index (κ1) is 11.0. The molecule has 0 aliphatic heterocycles. The van der Waals surface area contributed by atoms with Crippen LogP contribution in [0.1, 0.15) is 0 Å². The minimum atomic E-state index is -1.51. The molecule has 0 aliphatic carbocycles. The van der Waals surface area contributed by atoms with Crippen molar-refractivity contribution < 1.29 is 10.0 Å². The minimum Gasteiger partial charge on any atom is -0.423 e. The smallest absolute Gasteiger partial charge is 0.423 e. The van der Waals surface area contributed by atoms with Crippen molar-refractivity contribution in [3.63, 3.8) is 0 Å². The van der Waals surface area contributed by atoms with E-state index in [9.17, 15) is 10.0 Å². The molecule has 18 heavy (non-hydrogen) atoms. The zero-order chi connectivity index (χ0) is 12.5. The molecular weight excluding hydrogens is 227 g/mol. The Balaban J connectivity index is 2.25. The molecule has 0 spiro atoms. The molecule has 4 nitrogen and oxygen atoms in total. The fourth-order valence-corrected chi connectivity index (χ4v) is 2.03. The topological polar surface area (TPSA) is 69.1 Å². The highest BCUT2D eigenvalue weighted by Gasteiger charge is 2.17. The molecule has 0 amide bonds.